The average Bonchev–Trinajstić information content (AvgIpc) is 2.60. The maximum absolute atomic E-state index is 11.1. The molecule has 2 N–H and O–H groups in total. The molecular weight excluding hydrogens is 220 g/mol. The lowest BCUT2D eigenvalue weighted by atomic mass is 10.2. The zero-order valence-electron chi connectivity index (χ0n) is 7.16. The summed E-state index contributed by atoms with van der Waals surface area (Å²) in [6, 6.07) is 1.78. The van der Waals surface area contributed by atoms with Gasteiger partial charge in [-0.05, 0) is 6.07 Å². The standard InChI is InChI=1S/C9H7ClN2OS/c10-3-7-8-5(1-2-12-7)6(4-14-8)9(11)13/h1-2,4H,3H2,(H2,11,13). The summed E-state index contributed by atoms with van der Waals surface area (Å²) in [5.41, 5.74) is 6.56. The van der Waals surface area contributed by atoms with Gasteiger partial charge in [-0.1, -0.05) is 0 Å². The quantitative estimate of drug-likeness (QED) is 0.798. The first-order valence-electron chi connectivity index (χ1n) is 3.95. The Morgan fingerprint density at radius 1 is 1.64 bits per heavy atom. The van der Waals surface area contributed by atoms with Crippen LogP contribution in [0.3, 0.4) is 0 Å². The number of carbonyl (C=O) groups excluding carboxylic acids is 1. The largest absolute Gasteiger partial charge is 0.366 e. The molecule has 0 aromatic carbocycles. The predicted molar refractivity (Wildman–Crippen MR) is 57.7 cm³/mol. The van der Waals surface area contributed by atoms with Crippen LogP contribution in [0.25, 0.3) is 10.1 Å². The topological polar surface area (TPSA) is 56.0 Å². The molecule has 2 heterocycles. The third kappa shape index (κ3) is 1.36. The maximum atomic E-state index is 11.1. The van der Waals surface area contributed by atoms with E-state index in [0.29, 0.717) is 11.4 Å². The van der Waals surface area contributed by atoms with Crippen molar-refractivity contribution < 1.29 is 4.79 Å². The second kappa shape index (κ2) is 3.55. The number of hydrogen-bond acceptors (Lipinski definition) is 3. The van der Waals surface area contributed by atoms with Crippen molar-refractivity contribution in [1.82, 2.24) is 4.98 Å². The molecule has 0 radical (unpaired) electrons. The Morgan fingerprint density at radius 3 is 3.07 bits per heavy atom. The van der Waals surface area contributed by atoms with Crippen molar-refractivity contribution in [3.8, 4) is 0 Å². The minimum atomic E-state index is -0.414. The number of rotatable bonds is 2. The highest BCUT2D eigenvalue weighted by Crippen LogP contribution is 2.28. The minimum absolute atomic E-state index is 0.343. The van der Waals surface area contributed by atoms with Crippen LogP contribution in [0.1, 0.15) is 16.1 Å². The fourth-order valence-corrected chi connectivity index (χ4v) is 2.63. The van der Waals surface area contributed by atoms with Gasteiger partial charge in [0.15, 0.2) is 0 Å². The second-order valence-corrected chi connectivity index (χ2v) is 3.93. The molecule has 0 atom stereocenters. The van der Waals surface area contributed by atoms with Gasteiger partial charge in [0.2, 0.25) is 5.91 Å². The molecule has 1 amide bonds. The van der Waals surface area contributed by atoms with Gasteiger partial charge in [0.1, 0.15) is 0 Å². The number of thiophene rings is 1. The third-order valence-electron chi connectivity index (χ3n) is 1.96. The number of primary amides is 1. The first-order valence-corrected chi connectivity index (χ1v) is 5.36. The van der Waals surface area contributed by atoms with E-state index in [9.17, 15) is 4.79 Å². The number of fused-ring (bicyclic) bond motifs is 1. The van der Waals surface area contributed by atoms with Gasteiger partial charge in [-0.25, -0.2) is 0 Å². The zero-order valence-corrected chi connectivity index (χ0v) is 8.73. The van der Waals surface area contributed by atoms with Crippen LogP contribution in [0, 0.1) is 0 Å². The smallest absolute Gasteiger partial charge is 0.250 e. The Balaban J connectivity index is 2.75. The number of carbonyl (C=O) groups is 1. The summed E-state index contributed by atoms with van der Waals surface area (Å²) < 4.78 is 0.941. The summed E-state index contributed by atoms with van der Waals surface area (Å²) in [6.45, 7) is 0. The lowest BCUT2D eigenvalue weighted by molar-refractivity contribution is 0.100. The number of alkyl halides is 1. The van der Waals surface area contributed by atoms with E-state index in [4.69, 9.17) is 17.3 Å². The molecule has 0 aliphatic carbocycles. The maximum Gasteiger partial charge on any atom is 0.250 e. The summed E-state index contributed by atoms with van der Waals surface area (Å²) in [4.78, 5) is 15.2. The van der Waals surface area contributed by atoms with Gasteiger partial charge in [-0.3, -0.25) is 9.78 Å². The van der Waals surface area contributed by atoms with Gasteiger partial charge in [-0.2, -0.15) is 0 Å². The van der Waals surface area contributed by atoms with Crippen molar-refractivity contribution >= 4 is 38.9 Å². The Bertz CT molecular complexity index is 495. The molecule has 0 unspecified atom stereocenters. The van der Waals surface area contributed by atoms with Gasteiger partial charge < -0.3 is 5.73 Å². The monoisotopic (exact) mass is 226 g/mol. The van der Waals surface area contributed by atoms with Crippen molar-refractivity contribution in [3.05, 3.63) is 28.9 Å². The second-order valence-electron chi connectivity index (χ2n) is 2.78. The lowest BCUT2D eigenvalue weighted by Gasteiger charge is -1.96. The van der Waals surface area contributed by atoms with Crippen LogP contribution in [0.2, 0.25) is 0 Å². The number of hydrogen-bond donors (Lipinski definition) is 1. The first-order chi connectivity index (χ1) is 6.74. The van der Waals surface area contributed by atoms with Crippen molar-refractivity contribution in [2.75, 3.05) is 0 Å². The van der Waals surface area contributed by atoms with Crippen molar-refractivity contribution in [3.63, 3.8) is 0 Å². The number of halogens is 1. The van der Waals surface area contributed by atoms with Crippen LogP contribution < -0.4 is 5.73 Å². The van der Waals surface area contributed by atoms with E-state index in [1.165, 1.54) is 11.3 Å². The molecule has 2 aromatic rings. The van der Waals surface area contributed by atoms with Gasteiger partial charge in [0.05, 0.1) is 21.8 Å². The Labute approximate surface area is 89.5 Å². The highest BCUT2D eigenvalue weighted by atomic mass is 35.5. The number of amides is 1. The molecule has 0 spiro atoms. The molecule has 0 fully saturated rings. The van der Waals surface area contributed by atoms with Gasteiger partial charge >= 0.3 is 0 Å². The molecule has 14 heavy (non-hydrogen) atoms. The molecule has 0 saturated heterocycles. The molecule has 0 aliphatic rings. The number of pyridine rings is 1. The van der Waals surface area contributed by atoms with Gasteiger partial charge in [0.25, 0.3) is 0 Å². The average molecular weight is 227 g/mol. The van der Waals surface area contributed by atoms with Gasteiger partial charge in [0, 0.05) is 17.0 Å². The molecule has 0 aliphatic heterocycles. The lowest BCUT2D eigenvalue weighted by Crippen LogP contribution is -2.09. The SMILES string of the molecule is NC(=O)c1csc2c(CCl)nccc12. The number of nitrogens with two attached hydrogens (primary N) is 1. The third-order valence-corrected chi connectivity index (χ3v) is 3.25. The zero-order chi connectivity index (χ0) is 10.1. The van der Waals surface area contributed by atoms with Crippen molar-refractivity contribution in [1.29, 1.82) is 0 Å². The highest BCUT2D eigenvalue weighted by molar-refractivity contribution is 7.17. The fourth-order valence-electron chi connectivity index (χ4n) is 1.30. The van der Waals surface area contributed by atoms with E-state index < -0.39 is 5.91 Å². The summed E-state index contributed by atoms with van der Waals surface area (Å²) in [5.74, 6) is -0.0706. The van der Waals surface area contributed by atoms with Gasteiger partial charge in [-0.15, -0.1) is 22.9 Å². The minimum Gasteiger partial charge on any atom is -0.366 e. The van der Waals surface area contributed by atoms with E-state index in [0.717, 1.165) is 15.8 Å². The molecule has 3 nitrogen and oxygen atoms in total. The van der Waals surface area contributed by atoms with Crippen LogP contribution in [-0.4, -0.2) is 10.9 Å². The molecule has 0 bridgehead atoms. The van der Waals surface area contributed by atoms with Crippen molar-refractivity contribution in [2.45, 2.75) is 5.88 Å². The number of aromatic nitrogens is 1. The molecule has 2 aromatic heterocycles. The summed E-state index contributed by atoms with van der Waals surface area (Å²) in [7, 11) is 0. The van der Waals surface area contributed by atoms with E-state index in [1.807, 2.05) is 0 Å². The molecule has 2 rings (SSSR count). The predicted octanol–water partition coefficient (Wildman–Crippen LogP) is 2.13. The molecular formula is C9H7ClN2OS. The van der Waals surface area contributed by atoms with Crippen LogP contribution in [-0.2, 0) is 5.88 Å². The molecule has 5 heteroatoms. The Kier molecular flexibility index (Phi) is 2.39. The Morgan fingerprint density at radius 2 is 2.43 bits per heavy atom. The van der Waals surface area contributed by atoms with Crippen LogP contribution in [0.5, 0.6) is 0 Å². The fraction of sp³-hybridized carbons (Fsp3) is 0.111. The summed E-state index contributed by atoms with van der Waals surface area (Å²) in [5, 5.41) is 2.58. The normalized spacial score (nSPS) is 10.6. The Hall–Kier alpha value is -1.13. The van der Waals surface area contributed by atoms with Crippen LogP contribution in [0.15, 0.2) is 17.6 Å². The van der Waals surface area contributed by atoms with E-state index >= 15 is 0 Å². The van der Waals surface area contributed by atoms with Crippen LogP contribution in [0.4, 0.5) is 0 Å². The summed E-state index contributed by atoms with van der Waals surface area (Å²) >= 11 is 7.17. The molecule has 72 valence electrons. The van der Waals surface area contributed by atoms with E-state index in [2.05, 4.69) is 4.98 Å². The van der Waals surface area contributed by atoms with E-state index in [1.54, 1.807) is 17.6 Å². The van der Waals surface area contributed by atoms with Crippen LogP contribution >= 0.6 is 22.9 Å². The first kappa shape index (κ1) is 9.43. The number of nitrogens with zero attached hydrogens (tertiary/aromatic N) is 1. The summed E-state index contributed by atoms with van der Waals surface area (Å²) in [6.07, 6.45) is 1.64. The molecule has 0 saturated carbocycles. The van der Waals surface area contributed by atoms with Crippen molar-refractivity contribution in [2.24, 2.45) is 5.73 Å². The van der Waals surface area contributed by atoms with E-state index in [-0.39, 0.29) is 0 Å². The highest BCUT2D eigenvalue weighted by Gasteiger charge is 2.11.